The number of hydrogen-bond acceptors (Lipinski definition) is 6. The van der Waals surface area contributed by atoms with Crippen LogP contribution in [0.1, 0.15) is 56.9 Å². The highest BCUT2D eigenvalue weighted by Gasteiger charge is 2.51. The summed E-state index contributed by atoms with van der Waals surface area (Å²) >= 11 is 0. The average molecular weight is 473 g/mol. The molecule has 0 spiro atoms. The maximum atomic E-state index is 12.9. The number of sulfonamides is 1. The topological polar surface area (TPSA) is 113 Å². The van der Waals surface area contributed by atoms with Crippen molar-refractivity contribution in [3.8, 4) is 0 Å². The predicted octanol–water partition coefficient (Wildman–Crippen LogP) is 3.98. The molecule has 3 N–H and O–H groups in total. The van der Waals surface area contributed by atoms with Crippen LogP contribution >= 0.6 is 0 Å². The van der Waals surface area contributed by atoms with Crippen molar-refractivity contribution in [1.29, 1.82) is 0 Å². The summed E-state index contributed by atoms with van der Waals surface area (Å²) in [6, 6.07) is 6.71. The third kappa shape index (κ3) is 4.28. The van der Waals surface area contributed by atoms with Crippen molar-refractivity contribution in [3.63, 3.8) is 0 Å². The second-order valence-corrected chi connectivity index (χ2v) is 12.0. The minimum Gasteiger partial charge on any atom is -0.378 e. The fraction of sp³-hybridized carbons (Fsp3) is 0.583. The van der Waals surface area contributed by atoms with Crippen LogP contribution in [0.3, 0.4) is 0 Å². The minimum absolute atomic E-state index is 0.0222. The zero-order chi connectivity index (χ0) is 23.4. The summed E-state index contributed by atoms with van der Waals surface area (Å²) in [5.74, 6) is 2.19. The van der Waals surface area contributed by atoms with Gasteiger partial charge in [0.2, 0.25) is 15.9 Å². The van der Waals surface area contributed by atoms with Gasteiger partial charge in [-0.05, 0) is 89.2 Å². The van der Waals surface area contributed by atoms with Gasteiger partial charge in [-0.15, -0.1) is 0 Å². The summed E-state index contributed by atoms with van der Waals surface area (Å²) in [6.07, 6.45) is 7.66. The number of benzene rings is 1. The molecule has 1 amide bonds. The summed E-state index contributed by atoms with van der Waals surface area (Å²) in [4.78, 5) is 12.9. The predicted molar refractivity (Wildman–Crippen MR) is 125 cm³/mol. The maximum Gasteiger partial charge on any atom is 0.246 e. The van der Waals surface area contributed by atoms with Gasteiger partial charge in [0, 0.05) is 5.54 Å². The Kier molecular flexibility index (Phi) is 5.52. The number of anilines is 2. The molecule has 4 aliphatic rings. The molecule has 4 fully saturated rings. The van der Waals surface area contributed by atoms with Crippen LogP contribution in [0.15, 0.2) is 33.7 Å². The molecule has 33 heavy (non-hydrogen) atoms. The van der Waals surface area contributed by atoms with Crippen molar-refractivity contribution in [2.45, 2.75) is 75.8 Å². The lowest BCUT2D eigenvalue weighted by Gasteiger charge is -2.57. The number of hydrogen-bond donors (Lipinski definition) is 3. The Hall–Kier alpha value is -2.39. The molecule has 178 valence electrons. The third-order valence-corrected chi connectivity index (χ3v) is 9.37. The molecule has 0 saturated heterocycles. The van der Waals surface area contributed by atoms with E-state index >= 15 is 0 Å². The lowest BCUT2D eigenvalue weighted by Crippen LogP contribution is -2.54. The molecule has 1 atom stereocenters. The van der Waals surface area contributed by atoms with E-state index in [0.29, 0.717) is 5.69 Å². The molecule has 0 radical (unpaired) electrons. The molecule has 4 aliphatic carbocycles. The van der Waals surface area contributed by atoms with E-state index < -0.39 is 22.0 Å². The summed E-state index contributed by atoms with van der Waals surface area (Å²) < 4.78 is 33.0. The van der Waals surface area contributed by atoms with E-state index in [9.17, 15) is 13.2 Å². The smallest absolute Gasteiger partial charge is 0.246 e. The lowest BCUT2D eigenvalue weighted by atomic mass is 9.53. The first-order valence-electron chi connectivity index (χ1n) is 11.8. The number of amides is 1. The monoisotopic (exact) mass is 472 g/mol. The average Bonchev–Trinajstić information content (AvgIpc) is 3.06. The first-order chi connectivity index (χ1) is 15.6. The van der Waals surface area contributed by atoms with E-state index in [1.807, 2.05) is 24.3 Å². The Morgan fingerprint density at radius 3 is 2.18 bits per heavy atom. The van der Waals surface area contributed by atoms with Gasteiger partial charge >= 0.3 is 0 Å². The molecule has 2 aromatic rings. The molecule has 4 bridgehead atoms. The van der Waals surface area contributed by atoms with Crippen molar-refractivity contribution in [1.82, 2.24) is 9.88 Å². The minimum atomic E-state index is -3.94. The van der Waals surface area contributed by atoms with Crippen molar-refractivity contribution >= 4 is 27.3 Å². The van der Waals surface area contributed by atoms with Crippen LogP contribution in [0.5, 0.6) is 0 Å². The van der Waals surface area contributed by atoms with Crippen molar-refractivity contribution in [3.05, 3.63) is 35.7 Å². The molecule has 9 heteroatoms. The van der Waals surface area contributed by atoms with Crippen LogP contribution < -0.4 is 15.4 Å². The zero-order valence-electron chi connectivity index (χ0n) is 19.3. The highest BCUT2D eigenvalue weighted by Crippen LogP contribution is 2.56. The molecular weight excluding hydrogens is 440 g/mol. The summed E-state index contributed by atoms with van der Waals surface area (Å²) in [6.45, 7) is 4.62. The van der Waals surface area contributed by atoms with E-state index in [4.69, 9.17) is 4.52 Å². The van der Waals surface area contributed by atoms with Crippen molar-refractivity contribution in [2.75, 3.05) is 10.6 Å². The molecule has 0 unspecified atom stereocenters. The molecule has 0 aliphatic heterocycles. The second kappa shape index (κ2) is 8.13. The van der Waals surface area contributed by atoms with E-state index in [1.54, 1.807) is 6.92 Å². The Morgan fingerprint density at radius 2 is 1.64 bits per heavy atom. The zero-order valence-corrected chi connectivity index (χ0v) is 20.2. The van der Waals surface area contributed by atoms with E-state index in [1.165, 1.54) is 52.4 Å². The van der Waals surface area contributed by atoms with Gasteiger partial charge in [0.05, 0.1) is 17.4 Å². The number of nitrogens with one attached hydrogen (secondary N) is 3. The molecule has 1 aromatic heterocycles. The van der Waals surface area contributed by atoms with Crippen LogP contribution in [-0.4, -0.2) is 31.1 Å². The number of carbonyl (C=O) groups is 1. The van der Waals surface area contributed by atoms with Crippen LogP contribution in [0.25, 0.3) is 0 Å². The number of carbonyl (C=O) groups excluding carboxylic acids is 1. The van der Waals surface area contributed by atoms with Gasteiger partial charge in [0.15, 0.2) is 5.76 Å². The first-order valence-corrected chi connectivity index (χ1v) is 13.3. The van der Waals surface area contributed by atoms with Crippen LogP contribution in [-0.2, 0) is 14.8 Å². The van der Waals surface area contributed by atoms with Crippen LogP contribution in [0, 0.1) is 31.6 Å². The van der Waals surface area contributed by atoms with Gasteiger partial charge in [-0.1, -0.05) is 17.3 Å². The SMILES string of the molecule is Cc1noc(C)c1S(=O)(=O)N[C@@H](C)C(=O)Nc1ccccc1NC12CC3CC(CC(C3)C1)C2. The summed E-state index contributed by atoms with van der Waals surface area (Å²) in [7, 11) is -3.94. The maximum absolute atomic E-state index is 12.9. The highest BCUT2D eigenvalue weighted by molar-refractivity contribution is 7.89. The Balaban J connectivity index is 1.30. The van der Waals surface area contributed by atoms with Gasteiger partial charge < -0.3 is 15.2 Å². The number of para-hydroxylation sites is 2. The van der Waals surface area contributed by atoms with Gasteiger partial charge in [-0.3, -0.25) is 4.79 Å². The lowest BCUT2D eigenvalue weighted by molar-refractivity contribution is -0.117. The fourth-order valence-corrected chi connectivity index (χ4v) is 8.23. The Morgan fingerprint density at radius 1 is 1.06 bits per heavy atom. The molecule has 6 rings (SSSR count). The summed E-state index contributed by atoms with van der Waals surface area (Å²) in [5, 5.41) is 10.4. The molecule has 4 saturated carbocycles. The fourth-order valence-electron chi connectivity index (χ4n) is 6.69. The largest absolute Gasteiger partial charge is 0.378 e. The quantitative estimate of drug-likeness (QED) is 0.562. The Labute approximate surface area is 194 Å². The number of aryl methyl sites for hydroxylation is 2. The summed E-state index contributed by atoms with van der Waals surface area (Å²) in [5.41, 5.74) is 1.93. The van der Waals surface area contributed by atoms with E-state index in [0.717, 1.165) is 23.4 Å². The standard InChI is InChI=1S/C24H32N4O4S/c1-14-22(16(3)32-27-14)33(30,31)28-15(2)23(29)25-20-6-4-5-7-21(20)26-24-11-17-8-18(12-24)10-19(9-17)13-24/h4-7,15,17-19,26,28H,8-13H2,1-3H3,(H,25,29)/t15-,17?,18?,19?,24?/m0/s1. The second-order valence-electron chi connectivity index (χ2n) is 10.4. The van der Waals surface area contributed by atoms with Crippen molar-refractivity contribution < 1.29 is 17.7 Å². The van der Waals surface area contributed by atoms with Gasteiger partial charge in [0.1, 0.15) is 10.6 Å². The first kappa shape index (κ1) is 22.4. The van der Waals surface area contributed by atoms with E-state index in [2.05, 4.69) is 20.5 Å². The number of aromatic nitrogens is 1. The number of rotatable bonds is 7. The van der Waals surface area contributed by atoms with Crippen molar-refractivity contribution in [2.24, 2.45) is 17.8 Å². The number of nitrogens with zero attached hydrogens (tertiary/aromatic N) is 1. The van der Waals surface area contributed by atoms with Crippen LogP contribution in [0.2, 0.25) is 0 Å². The van der Waals surface area contributed by atoms with Gasteiger partial charge in [0.25, 0.3) is 0 Å². The van der Waals surface area contributed by atoms with Gasteiger partial charge in [-0.25, -0.2) is 8.42 Å². The van der Waals surface area contributed by atoms with Gasteiger partial charge in [-0.2, -0.15) is 4.72 Å². The highest BCUT2D eigenvalue weighted by atomic mass is 32.2. The Bertz CT molecular complexity index is 1120. The van der Waals surface area contributed by atoms with E-state index in [-0.39, 0.29) is 21.9 Å². The molecule has 8 nitrogen and oxygen atoms in total. The molecule has 1 heterocycles. The normalized spacial score (nSPS) is 29.1. The molecule has 1 aromatic carbocycles. The van der Waals surface area contributed by atoms with Crippen LogP contribution in [0.4, 0.5) is 11.4 Å². The molecular formula is C24H32N4O4S. The third-order valence-electron chi connectivity index (χ3n) is 7.58.